The summed E-state index contributed by atoms with van der Waals surface area (Å²) < 4.78 is 42.7. The number of hydrogen-bond acceptors (Lipinski definition) is 3. The van der Waals surface area contributed by atoms with E-state index in [2.05, 4.69) is 5.32 Å². The Bertz CT molecular complexity index is 825. The Morgan fingerprint density at radius 1 is 1.08 bits per heavy atom. The van der Waals surface area contributed by atoms with E-state index < -0.39 is 30.2 Å². The van der Waals surface area contributed by atoms with E-state index in [0.29, 0.717) is 5.02 Å². The van der Waals surface area contributed by atoms with Crippen LogP contribution in [0.5, 0.6) is 0 Å². The highest BCUT2D eigenvalue weighted by Crippen LogP contribution is 2.29. The summed E-state index contributed by atoms with van der Waals surface area (Å²) in [6.45, 7) is -0.808. The molecule has 0 aliphatic rings. The second-order valence-electron chi connectivity index (χ2n) is 5.17. The van der Waals surface area contributed by atoms with Crippen LogP contribution in [0.4, 0.5) is 13.2 Å². The Kier molecular flexibility index (Phi) is 6.50. The molecule has 2 rings (SSSR count). The van der Waals surface area contributed by atoms with Gasteiger partial charge in [0, 0.05) is 5.02 Å². The number of carbonyl (C=O) groups is 2. The molecular formula is C17H12Cl2F3NO3. The number of ether oxygens (including phenoxy) is 1. The van der Waals surface area contributed by atoms with Gasteiger partial charge in [0.15, 0.2) is 0 Å². The summed E-state index contributed by atoms with van der Waals surface area (Å²) in [5.41, 5.74) is -0.529. The molecular weight excluding hydrogens is 394 g/mol. The van der Waals surface area contributed by atoms with Gasteiger partial charge in [-0.25, -0.2) is 0 Å². The number of alkyl halides is 3. The molecule has 9 heteroatoms. The van der Waals surface area contributed by atoms with Gasteiger partial charge in [-0.05, 0) is 35.9 Å². The largest absolute Gasteiger partial charge is 0.460 e. The van der Waals surface area contributed by atoms with Crippen LogP contribution in [0.3, 0.4) is 0 Å². The number of carbonyl (C=O) groups excluding carboxylic acids is 2. The molecule has 0 atom stereocenters. The van der Waals surface area contributed by atoms with E-state index in [-0.39, 0.29) is 22.8 Å². The SMILES string of the molecule is O=C(CNC(=O)c1ccc(Cl)cc1Cl)OCc1cccc(C(F)(F)F)c1. The number of esters is 1. The number of benzene rings is 2. The molecule has 1 amide bonds. The number of amides is 1. The summed E-state index contributed by atoms with van der Waals surface area (Å²) in [5, 5.41) is 2.78. The van der Waals surface area contributed by atoms with Crippen LogP contribution in [0, 0.1) is 0 Å². The molecule has 0 saturated heterocycles. The molecule has 0 bridgehead atoms. The van der Waals surface area contributed by atoms with Gasteiger partial charge in [-0.1, -0.05) is 35.3 Å². The van der Waals surface area contributed by atoms with Gasteiger partial charge < -0.3 is 10.1 Å². The second kappa shape index (κ2) is 8.42. The molecule has 0 aliphatic carbocycles. The molecule has 2 aromatic rings. The lowest BCUT2D eigenvalue weighted by molar-refractivity contribution is -0.143. The zero-order chi connectivity index (χ0) is 19.3. The minimum Gasteiger partial charge on any atom is -0.460 e. The first-order valence-electron chi connectivity index (χ1n) is 7.22. The van der Waals surface area contributed by atoms with Gasteiger partial charge in [0.05, 0.1) is 16.1 Å². The van der Waals surface area contributed by atoms with E-state index in [0.717, 1.165) is 12.1 Å². The quantitative estimate of drug-likeness (QED) is 0.745. The average molecular weight is 406 g/mol. The molecule has 26 heavy (non-hydrogen) atoms. The molecule has 0 radical (unpaired) electrons. The summed E-state index contributed by atoms with van der Waals surface area (Å²) in [6, 6.07) is 8.66. The number of rotatable bonds is 5. The average Bonchev–Trinajstić information content (AvgIpc) is 2.57. The first-order chi connectivity index (χ1) is 12.2. The van der Waals surface area contributed by atoms with Crippen molar-refractivity contribution >= 4 is 35.1 Å². The van der Waals surface area contributed by atoms with Crippen molar-refractivity contribution in [2.75, 3.05) is 6.54 Å². The molecule has 0 heterocycles. The normalized spacial score (nSPS) is 11.1. The molecule has 0 fully saturated rings. The van der Waals surface area contributed by atoms with Crippen molar-refractivity contribution in [1.29, 1.82) is 0 Å². The molecule has 1 N–H and O–H groups in total. The lowest BCUT2D eigenvalue weighted by atomic mass is 10.1. The third-order valence-corrected chi connectivity index (χ3v) is 3.77. The van der Waals surface area contributed by atoms with Gasteiger partial charge in [0.1, 0.15) is 13.2 Å². The van der Waals surface area contributed by atoms with Crippen LogP contribution in [0.2, 0.25) is 10.0 Å². The maximum Gasteiger partial charge on any atom is 0.416 e. The Morgan fingerprint density at radius 3 is 2.46 bits per heavy atom. The van der Waals surface area contributed by atoms with Crippen LogP contribution in [0.25, 0.3) is 0 Å². The van der Waals surface area contributed by atoms with Crippen molar-refractivity contribution in [3.8, 4) is 0 Å². The Balaban J connectivity index is 1.87. The molecule has 2 aromatic carbocycles. The molecule has 0 aliphatic heterocycles. The van der Waals surface area contributed by atoms with Crippen molar-refractivity contribution in [1.82, 2.24) is 5.32 Å². The summed E-state index contributed by atoms with van der Waals surface area (Å²) >= 11 is 11.6. The first-order valence-corrected chi connectivity index (χ1v) is 7.97. The van der Waals surface area contributed by atoms with E-state index in [1.54, 1.807) is 0 Å². The highest BCUT2D eigenvalue weighted by molar-refractivity contribution is 6.36. The third-order valence-electron chi connectivity index (χ3n) is 3.22. The minimum absolute atomic E-state index is 0.118. The highest BCUT2D eigenvalue weighted by atomic mass is 35.5. The fourth-order valence-corrected chi connectivity index (χ4v) is 2.47. The van der Waals surface area contributed by atoms with Gasteiger partial charge in [-0.3, -0.25) is 9.59 Å². The van der Waals surface area contributed by atoms with E-state index in [4.69, 9.17) is 27.9 Å². The zero-order valence-electron chi connectivity index (χ0n) is 13.1. The van der Waals surface area contributed by atoms with Gasteiger partial charge >= 0.3 is 12.1 Å². The molecule has 0 spiro atoms. The Labute approximate surface area is 156 Å². The van der Waals surface area contributed by atoms with Crippen molar-refractivity contribution in [3.63, 3.8) is 0 Å². The van der Waals surface area contributed by atoms with Crippen LogP contribution in [0.15, 0.2) is 42.5 Å². The first kappa shape index (κ1) is 20.1. The van der Waals surface area contributed by atoms with E-state index in [1.807, 2.05) is 0 Å². The van der Waals surface area contributed by atoms with E-state index in [1.165, 1.54) is 30.3 Å². The fourth-order valence-electron chi connectivity index (χ4n) is 1.97. The van der Waals surface area contributed by atoms with Gasteiger partial charge in [0.2, 0.25) is 0 Å². The van der Waals surface area contributed by atoms with Crippen LogP contribution in [0.1, 0.15) is 21.5 Å². The summed E-state index contributed by atoms with van der Waals surface area (Å²) in [4.78, 5) is 23.6. The summed E-state index contributed by atoms with van der Waals surface area (Å²) in [7, 11) is 0. The molecule has 0 aromatic heterocycles. The third kappa shape index (κ3) is 5.64. The van der Waals surface area contributed by atoms with Crippen LogP contribution in [-0.4, -0.2) is 18.4 Å². The predicted octanol–water partition coefficient (Wildman–Crippen LogP) is 4.49. The number of nitrogens with one attached hydrogen (secondary N) is 1. The maximum atomic E-state index is 12.6. The Morgan fingerprint density at radius 2 is 1.81 bits per heavy atom. The molecule has 4 nitrogen and oxygen atoms in total. The van der Waals surface area contributed by atoms with E-state index in [9.17, 15) is 22.8 Å². The lowest BCUT2D eigenvalue weighted by Crippen LogP contribution is -2.30. The highest BCUT2D eigenvalue weighted by Gasteiger charge is 2.30. The summed E-state index contributed by atoms with van der Waals surface area (Å²) in [6.07, 6.45) is -4.48. The van der Waals surface area contributed by atoms with Gasteiger partial charge in [-0.15, -0.1) is 0 Å². The lowest BCUT2D eigenvalue weighted by Gasteiger charge is -2.10. The number of hydrogen-bond donors (Lipinski definition) is 1. The molecule has 138 valence electrons. The predicted molar refractivity (Wildman–Crippen MR) is 90.0 cm³/mol. The van der Waals surface area contributed by atoms with Crippen molar-refractivity contribution in [2.24, 2.45) is 0 Å². The van der Waals surface area contributed by atoms with E-state index >= 15 is 0 Å². The van der Waals surface area contributed by atoms with Crippen molar-refractivity contribution in [2.45, 2.75) is 12.8 Å². The minimum atomic E-state index is -4.48. The van der Waals surface area contributed by atoms with Gasteiger partial charge in [0.25, 0.3) is 5.91 Å². The topological polar surface area (TPSA) is 55.4 Å². The smallest absolute Gasteiger partial charge is 0.416 e. The second-order valence-corrected chi connectivity index (χ2v) is 6.01. The van der Waals surface area contributed by atoms with Crippen LogP contribution >= 0.6 is 23.2 Å². The van der Waals surface area contributed by atoms with Crippen LogP contribution < -0.4 is 5.32 Å². The van der Waals surface area contributed by atoms with Crippen molar-refractivity contribution < 1.29 is 27.5 Å². The fraction of sp³-hybridized carbons (Fsp3) is 0.176. The standard InChI is InChI=1S/C17H12Cl2F3NO3/c18-12-4-5-13(14(19)7-12)16(25)23-8-15(24)26-9-10-2-1-3-11(6-10)17(20,21)22/h1-7H,8-9H2,(H,23,25). The monoisotopic (exact) mass is 405 g/mol. The van der Waals surface area contributed by atoms with Gasteiger partial charge in [-0.2, -0.15) is 13.2 Å². The zero-order valence-corrected chi connectivity index (χ0v) is 14.6. The Hall–Kier alpha value is -2.25. The van der Waals surface area contributed by atoms with Crippen LogP contribution in [-0.2, 0) is 22.3 Å². The maximum absolute atomic E-state index is 12.6. The molecule has 0 saturated carbocycles. The van der Waals surface area contributed by atoms with Crippen molar-refractivity contribution in [3.05, 3.63) is 69.2 Å². The summed E-state index contributed by atoms with van der Waals surface area (Å²) in [5.74, 6) is -1.41. The number of halogens is 5. The molecule has 0 unspecified atom stereocenters.